The van der Waals surface area contributed by atoms with Crippen LogP contribution in [-0.4, -0.2) is 36.2 Å². The van der Waals surface area contributed by atoms with Crippen molar-refractivity contribution in [3.05, 3.63) is 34.8 Å². The van der Waals surface area contributed by atoms with Gasteiger partial charge in [-0.15, -0.1) is 0 Å². The second kappa shape index (κ2) is 8.34. The minimum Gasteiger partial charge on any atom is -0.408 e. The number of aryl methyl sites for hydroxylation is 1. The molecule has 1 aliphatic heterocycles. The molecule has 1 aromatic heterocycles. The molecular weight excluding hydrogens is 318 g/mol. The van der Waals surface area contributed by atoms with Crippen LogP contribution in [0.15, 0.2) is 33.5 Å². The van der Waals surface area contributed by atoms with E-state index < -0.39 is 5.76 Å². The molecule has 1 aromatic carbocycles. The maximum atomic E-state index is 12.0. The summed E-state index contributed by atoms with van der Waals surface area (Å²) >= 11 is 0. The quantitative estimate of drug-likeness (QED) is 0.734. The van der Waals surface area contributed by atoms with Gasteiger partial charge >= 0.3 is 5.76 Å². The number of carbonyl (C=O) groups excluding carboxylic acids is 1. The van der Waals surface area contributed by atoms with Crippen molar-refractivity contribution in [3.63, 3.8) is 0 Å². The first kappa shape index (κ1) is 17.7. The van der Waals surface area contributed by atoms with Crippen LogP contribution in [0.2, 0.25) is 0 Å². The monoisotopic (exact) mass is 346 g/mol. The third-order valence-electron chi connectivity index (χ3n) is 5.21. The fourth-order valence-corrected chi connectivity index (χ4v) is 3.70. The van der Waals surface area contributed by atoms with Crippen molar-refractivity contribution in [1.82, 2.24) is 9.88 Å². The van der Waals surface area contributed by atoms with Crippen LogP contribution in [0.5, 0.6) is 0 Å². The van der Waals surface area contributed by atoms with Gasteiger partial charge in [-0.25, -0.2) is 4.79 Å². The molecule has 1 amide bonds. The van der Waals surface area contributed by atoms with Crippen LogP contribution in [0, 0.1) is 0 Å². The van der Waals surface area contributed by atoms with Crippen molar-refractivity contribution in [2.75, 3.05) is 19.6 Å². The van der Waals surface area contributed by atoms with Gasteiger partial charge in [0.2, 0.25) is 5.91 Å². The van der Waals surface area contributed by atoms with E-state index in [0.717, 1.165) is 24.5 Å². The fourth-order valence-electron chi connectivity index (χ4n) is 3.70. The number of rotatable bonds is 7. The number of hydrogen-bond acceptors (Lipinski definition) is 3. The number of hydrogen-bond donors (Lipinski definition) is 2. The molecule has 25 heavy (non-hydrogen) atoms. The fraction of sp³-hybridized carbons (Fsp3) is 0.579. The molecule has 1 aliphatic rings. The van der Waals surface area contributed by atoms with E-state index in [1.807, 2.05) is 18.2 Å². The Morgan fingerprint density at radius 3 is 3.04 bits per heavy atom. The normalized spacial score (nSPS) is 20.7. The molecule has 0 radical (unpaired) electrons. The zero-order valence-electron chi connectivity index (χ0n) is 14.9. The predicted octanol–water partition coefficient (Wildman–Crippen LogP) is 0.948. The van der Waals surface area contributed by atoms with Crippen LogP contribution >= 0.6 is 0 Å². The molecule has 2 atom stereocenters. The van der Waals surface area contributed by atoms with Gasteiger partial charge in [0, 0.05) is 25.9 Å². The van der Waals surface area contributed by atoms with E-state index in [-0.39, 0.29) is 12.3 Å². The topological polar surface area (TPSA) is 68.7 Å². The molecule has 0 spiro atoms. The number of nitrogens with zero attached hydrogens (tertiary/aromatic N) is 1. The van der Waals surface area contributed by atoms with E-state index in [1.54, 1.807) is 11.0 Å². The smallest absolute Gasteiger partial charge is 0.408 e. The van der Waals surface area contributed by atoms with Gasteiger partial charge in [-0.05, 0) is 38.3 Å². The zero-order valence-corrected chi connectivity index (χ0v) is 14.9. The van der Waals surface area contributed by atoms with E-state index in [4.69, 9.17) is 4.42 Å². The molecule has 3 rings (SSSR count). The Morgan fingerprint density at radius 1 is 1.36 bits per heavy atom. The first-order valence-corrected chi connectivity index (χ1v) is 9.35. The SMILES string of the molecule is C[C@H]1CCCC[NH+]1CCCNC(=O)CCn1c(=O)oc2ccccc21. The Hall–Kier alpha value is -2.08. The van der Waals surface area contributed by atoms with E-state index in [0.29, 0.717) is 18.7 Å². The van der Waals surface area contributed by atoms with Crippen molar-refractivity contribution in [2.24, 2.45) is 0 Å². The van der Waals surface area contributed by atoms with Crippen LogP contribution in [0.1, 0.15) is 39.0 Å². The molecule has 2 N–H and O–H groups in total. The molecule has 2 aromatic rings. The molecule has 1 saturated heterocycles. The number of carbonyl (C=O) groups is 1. The lowest BCUT2D eigenvalue weighted by molar-refractivity contribution is -0.928. The first-order chi connectivity index (χ1) is 12.1. The van der Waals surface area contributed by atoms with Gasteiger partial charge in [-0.1, -0.05) is 12.1 Å². The van der Waals surface area contributed by atoms with Gasteiger partial charge in [-0.3, -0.25) is 9.36 Å². The van der Waals surface area contributed by atoms with Gasteiger partial charge in [0.15, 0.2) is 5.58 Å². The van der Waals surface area contributed by atoms with E-state index >= 15 is 0 Å². The van der Waals surface area contributed by atoms with E-state index in [2.05, 4.69) is 12.2 Å². The number of quaternary nitrogens is 1. The Labute approximate surface area is 147 Å². The van der Waals surface area contributed by atoms with Crippen molar-refractivity contribution >= 4 is 17.0 Å². The number of amides is 1. The lowest BCUT2D eigenvalue weighted by Crippen LogP contribution is -3.16. The molecule has 0 aliphatic carbocycles. The van der Waals surface area contributed by atoms with Gasteiger partial charge in [0.25, 0.3) is 0 Å². The maximum Gasteiger partial charge on any atom is 0.419 e. The Bertz CT molecular complexity index is 765. The summed E-state index contributed by atoms with van der Waals surface area (Å²) in [7, 11) is 0. The van der Waals surface area contributed by atoms with E-state index in [9.17, 15) is 9.59 Å². The number of oxazole rings is 1. The highest BCUT2D eigenvalue weighted by Gasteiger charge is 2.20. The van der Waals surface area contributed by atoms with Crippen molar-refractivity contribution < 1.29 is 14.1 Å². The summed E-state index contributed by atoms with van der Waals surface area (Å²) < 4.78 is 6.70. The number of nitrogens with one attached hydrogen (secondary N) is 2. The summed E-state index contributed by atoms with van der Waals surface area (Å²) in [5, 5.41) is 2.97. The average Bonchev–Trinajstić information content (AvgIpc) is 2.93. The molecule has 2 heterocycles. The first-order valence-electron chi connectivity index (χ1n) is 9.35. The molecule has 136 valence electrons. The van der Waals surface area contributed by atoms with Gasteiger partial charge < -0.3 is 14.6 Å². The van der Waals surface area contributed by atoms with Gasteiger partial charge in [0.05, 0.1) is 24.6 Å². The van der Waals surface area contributed by atoms with Gasteiger partial charge in [0.1, 0.15) is 0 Å². The highest BCUT2D eigenvalue weighted by atomic mass is 16.4. The van der Waals surface area contributed by atoms with E-state index in [1.165, 1.54) is 30.4 Å². The average molecular weight is 346 g/mol. The minimum atomic E-state index is -0.406. The molecule has 1 unspecified atom stereocenters. The summed E-state index contributed by atoms with van der Waals surface area (Å²) in [6.45, 7) is 5.74. The van der Waals surface area contributed by atoms with Crippen LogP contribution in [0.25, 0.3) is 11.1 Å². The lowest BCUT2D eigenvalue weighted by Gasteiger charge is -2.30. The largest absolute Gasteiger partial charge is 0.419 e. The standard InChI is InChI=1S/C19H27N3O3/c1-15-7-4-5-12-21(15)13-6-11-20-18(23)10-14-22-16-8-2-3-9-17(16)25-19(22)24/h2-3,8-9,15H,4-7,10-14H2,1H3,(H,20,23)/p+1/t15-/m0/s1. The Balaban J connectivity index is 1.41. The summed E-state index contributed by atoms with van der Waals surface area (Å²) in [4.78, 5) is 25.6. The van der Waals surface area contributed by atoms with Crippen LogP contribution in [-0.2, 0) is 11.3 Å². The molecule has 6 nitrogen and oxygen atoms in total. The van der Waals surface area contributed by atoms with Crippen molar-refractivity contribution in [3.8, 4) is 0 Å². The summed E-state index contributed by atoms with van der Waals surface area (Å²) in [5.41, 5.74) is 1.30. The highest BCUT2D eigenvalue weighted by molar-refractivity contribution is 5.76. The number of para-hydroxylation sites is 2. The third kappa shape index (κ3) is 4.51. The number of fused-ring (bicyclic) bond motifs is 1. The maximum absolute atomic E-state index is 12.0. The third-order valence-corrected chi connectivity index (χ3v) is 5.21. The summed E-state index contributed by atoms with van der Waals surface area (Å²) in [5.74, 6) is -0.421. The van der Waals surface area contributed by atoms with Crippen LogP contribution < -0.4 is 16.0 Å². The van der Waals surface area contributed by atoms with Crippen LogP contribution in [0.3, 0.4) is 0 Å². The van der Waals surface area contributed by atoms with Crippen molar-refractivity contribution in [2.45, 2.75) is 51.6 Å². The number of piperidine rings is 1. The second-order valence-corrected chi connectivity index (χ2v) is 7.00. The number of likely N-dealkylation sites (tertiary alicyclic amines) is 1. The van der Waals surface area contributed by atoms with Gasteiger partial charge in [-0.2, -0.15) is 0 Å². The lowest BCUT2D eigenvalue weighted by atomic mass is 10.0. The molecule has 6 heteroatoms. The Morgan fingerprint density at radius 2 is 2.20 bits per heavy atom. The summed E-state index contributed by atoms with van der Waals surface area (Å²) in [6.07, 6.45) is 5.27. The zero-order chi connectivity index (χ0) is 17.6. The molecule has 0 bridgehead atoms. The molecule has 1 fully saturated rings. The summed E-state index contributed by atoms with van der Waals surface area (Å²) in [6, 6.07) is 8.02. The Kier molecular flexibility index (Phi) is 5.91. The molecular formula is C19H28N3O3+. The molecule has 0 saturated carbocycles. The van der Waals surface area contributed by atoms with Crippen molar-refractivity contribution in [1.29, 1.82) is 0 Å². The second-order valence-electron chi connectivity index (χ2n) is 7.00. The minimum absolute atomic E-state index is 0.0149. The van der Waals surface area contributed by atoms with Crippen LogP contribution in [0.4, 0.5) is 0 Å². The predicted molar refractivity (Wildman–Crippen MR) is 96.7 cm³/mol. The number of aromatic nitrogens is 1. The number of benzene rings is 1. The highest BCUT2D eigenvalue weighted by Crippen LogP contribution is 2.11.